The van der Waals surface area contributed by atoms with Gasteiger partial charge in [0.2, 0.25) is 23.6 Å². The average Bonchev–Trinajstić information content (AvgIpc) is 3.25. The van der Waals surface area contributed by atoms with Crippen molar-refractivity contribution in [3.05, 3.63) is 18.2 Å². The molecule has 0 aliphatic rings. The van der Waals surface area contributed by atoms with Crippen molar-refractivity contribution in [1.29, 1.82) is 0 Å². The number of aliphatic hydroxyl groups is 1. The first kappa shape index (κ1) is 27.9. The van der Waals surface area contributed by atoms with Crippen molar-refractivity contribution < 1.29 is 34.2 Å². The van der Waals surface area contributed by atoms with Gasteiger partial charge in [0.1, 0.15) is 24.2 Å². The normalized spacial score (nSPS) is 15.4. The van der Waals surface area contributed by atoms with Crippen molar-refractivity contribution >= 4 is 42.2 Å². The van der Waals surface area contributed by atoms with Crippen molar-refractivity contribution in [2.75, 3.05) is 5.75 Å². The molecule has 5 unspecified atom stereocenters. The fourth-order valence-corrected chi connectivity index (χ4v) is 2.85. The molecule has 10 N–H and O–H groups in total. The van der Waals surface area contributed by atoms with E-state index in [1.807, 2.05) is 0 Å². The van der Waals surface area contributed by atoms with E-state index in [9.17, 15) is 29.1 Å². The lowest BCUT2D eigenvalue weighted by molar-refractivity contribution is -0.141. The SMILES string of the molecule is CC(O)C(N)C(=O)NC(CCC(N)=O)C(=O)NC(Cc1cnc[nH]1)C(=O)NC(CS)C(=O)O. The van der Waals surface area contributed by atoms with Gasteiger partial charge in [0.05, 0.1) is 12.4 Å². The third-order valence-electron chi connectivity index (χ3n) is 4.54. The number of hydrogen-bond donors (Lipinski definition) is 9. The number of aliphatic carboxylic acids is 1. The van der Waals surface area contributed by atoms with Gasteiger partial charge in [-0.1, -0.05) is 0 Å². The van der Waals surface area contributed by atoms with E-state index in [1.165, 1.54) is 19.4 Å². The number of carboxylic acid groups (broad SMARTS) is 1. The number of rotatable bonds is 14. The predicted octanol–water partition coefficient (Wildman–Crippen LogP) is -3.61. The average molecular weight is 488 g/mol. The predicted molar refractivity (Wildman–Crippen MR) is 118 cm³/mol. The van der Waals surface area contributed by atoms with Crippen LogP contribution in [-0.4, -0.2) is 85.8 Å². The maximum absolute atomic E-state index is 12.9. The van der Waals surface area contributed by atoms with Crippen LogP contribution in [-0.2, 0) is 30.4 Å². The second-order valence-corrected chi connectivity index (χ2v) is 7.62. The number of amides is 4. The fraction of sp³-hybridized carbons (Fsp3) is 0.556. The minimum absolute atomic E-state index is 0.0832. The molecule has 5 atom stereocenters. The number of hydrogen-bond acceptors (Lipinski definition) is 9. The molecule has 0 saturated heterocycles. The van der Waals surface area contributed by atoms with Crippen LogP contribution in [0.4, 0.5) is 0 Å². The monoisotopic (exact) mass is 487 g/mol. The summed E-state index contributed by atoms with van der Waals surface area (Å²) in [6.07, 6.45) is 1.01. The lowest BCUT2D eigenvalue weighted by Gasteiger charge is -2.25. The van der Waals surface area contributed by atoms with Gasteiger partial charge < -0.3 is 42.6 Å². The topological polar surface area (TPSA) is 243 Å². The first-order valence-electron chi connectivity index (χ1n) is 9.90. The number of carbonyl (C=O) groups is 5. The highest BCUT2D eigenvalue weighted by atomic mass is 32.1. The molecule has 4 amide bonds. The van der Waals surface area contributed by atoms with Gasteiger partial charge in [0.25, 0.3) is 0 Å². The Morgan fingerprint density at radius 2 is 1.67 bits per heavy atom. The summed E-state index contributed by atoms with van der Waals surface area (Å²) >= 11 is 3.89. The van der Waals surface area contributed by atoms with Crippen LogP contribution in [0.3, 0.4) is 0 Å². The zero-order valence-electron chi connectivity index (χ0n) is 17.9. The molecule has 33 heavy (non-hydrogen) atoms. The first-order valence-corrected chi connectivity index (χ1v) is 10.5. The van der Waals surface area contributed by atoms with Crippen LogP contribution in [0.1, 0.15) is 25.5 Å². The number of carboxylic acids is 1. The molecule has 0 aliphatic heterocycles. The summed E-state index contributed by atoms with van der Waals surface area (Å²) in [6.45, 7) is 1.29. The Balaban J connectivity index is 3.05. The Hall–Kier alpha value is -3.17. The highest BCUT2D eigenvalue weighted by Gasteiger charge is 2.31. The molecule has 1 aromatic heterocycles. The second-order valence-electron chi connectivity index (χ2n) is 7.26. The number of primary amides is 1. The van der Waals surface area contributed by atoms with Crippen molar-refractivity contribution in [3.8, 4) is 0 Å². The van der Waals surface area contributed by atoms with Crippen LogP contribution in [0.25, 0.3) is 0 Å². The van der Waals surface area contributed by atoms with E-state index in [0.29, 0.717) is 5.69 Å². The molecule has 0 aromatic carbocycles. The molecule has 1 heterocycles. The standard InChI is InChI=1S/C18H29N7O7S/c1-8(26)14(20)17(30)23-10(2-3-13(19)27)15(28)24-11(4-9-5-21-7-22-9)16(29)25-12(6-33)18(31)32/h5,7-8,10-12,14,26,33H,2-4,6,20H2,1H3,(H2,19,27)(H,21,22)(H,23,30)(H,24,28)(H,25,29)(H,31,32). The van der Waals surface area contributed by atoms with E-state index < -0.39 is 59.9 Å². The number of aromatic amines is 1. The molecule has 1 aromatic rings. The molecule has 15 heteroatoms. The third-order valence-corrected chi connectivity index (χ3v) is 4.91. The number of thiol groups is 1. The maximum atomic E-state index is 12.9. The maximum Gasteiger partial charge on any atom is 0.327 e. The van der Waals surface area contributed by atoms with Crippen molar-refractivity contribution in [3.63, 3.8) is 0 Å². The summed E-state index contributed by atoms with van der Waals surface area (Å²) in [6, 6.07) is -5.23. The molecule has 0 fully saturated rings. The zero-order chi connectivity index (χ0) is 25.1. The number of aromatic nitrogens is 2. The summed E-state index contributed by atoms with van der Waals surface area (Å²) in [5.41, 5.74) is 11.2. The van der Waals surface area contributed by atoms with Crippen LogP contribution in [0.2, 0.25) is 0 Å². The van der Waals surface area contributed by atoms with E-state index in [-0.39, 0.29) is 25.0 Å². The minimum atomic E-state index is -1.34. The quantitative estimate of drug-likeness (QED) is 0.117. The van der Waals surface area contributed by atoms with Gasteiger partial charge in [-0.15, -0.1) is 0 Å². The lowest BCUT2D eigenvalue weighted by atomic mass is 10.1. The molecule has 0 aliphatic carbocycles. The number of nitrogens with two attached hydrogens (primary N) is 2. The second kappa shape index (κ2) is 13.4. The zero-order valence-corrected chi connectivity index (χ0v) is 18.7. The first-order chi connectivity index (χ1) is 15.5. The molecular weight excluding hydrogens is 458 g/mol. The van der Waals surface area contributed by atoms with Gasteiger partial charge in [0, 0.05) is 30.5 Å². The Kier molecular flexibility index (Phi) is 11.3. The van der Waals surface area contributed by atoms with Gasteiger partial charge in [0.15, 0.2) is 0 Å². The van der Waals surface area contributed by atoms with Crippen LogP contribution < -0.4 is 27.4 Å². The third kappa shape index (κ3) is 9.46. The summed E-state index contributed by atoms with van der Waals surface area (Å²) in [5, 5.41) is 25.7. The van der Waals surface area contributed by atoms with Crippen molar-refractivity contribution in [2.24, 2.45) is 11.5 Å². The number of carbonyl (C=O) groups excluding carboxylic acids is 4. The molecule has 0 spiro atoms. The van der Waals surface area contributed by atoms with Gasteiger partial charge in [-0.2, -0.15) is 12.6 Å². The Morgan fingerprint density at radius 1 is 1.09 bits per heavy atom. The highest BCUT2D eigenvalue weighted by Crippen LogP contribution is 2.05. The summed E-state index contributed by atoms with van der Waals surface area (Å²) in [4.78, 5) is 66.8. The van der Waals surface area contributed by atoms with E-state index in [0.717, 1.165) is 0 Å². The summed E-state index contributed by atoms with van der Waals surface area (Å²) in [7, 11) is 0. The largest absolute Gasteiger partial charge is 0.480 e. The summed E-state index contributed by atoms with van der Waals surface area (Å²) < 4.78 is 0. The Labute approximate surface area is 194 Å². The van der Waals surface area contributed by atoms with Gasteiger partial charge >= 0.3 is 5.97 Å². The van der Waals surface area contributed by atoms with Gasteiger partial charge in [-0.05, 0) is 13.3 Å². The fourth-order valence-electron chi connectivity index (χ4n) is 2.60. The van der Waals surface area contributed by atoms with Crippen LogP contribution >= 0.6 is 12.6 Å². The van der Waals surface area contributed by atoms with E-state index in [4.69, 9.17) is 16.6 Å². The number of aliphatic hydroxyl groups excluding tert-OH is 1. The Morgan fingerprint density at radius 3 is 2.15 bits per heavy atom. The van der Waals surface area contributed by atoms with E-state index in [2.05, 4.69) is 38.5 Å². The smallest absolute Gasteiger partial charge is 0.327 e. The van der Waals surface area contributed by atoms with Crippen LogP contribution in [0, 0.1) is 0 Å². The molecule has 0 saturated carbocycles. The van der Waals surface area contributed by atoms with Crippen molar-refractivity contribution in [1.82, 2.24) is 25.9 Å². The van der Waals surface area contributed by atoms with E-state index >= 15 is 0 Å². The summed E-state index contributed by atoms with van der Waals surface area (Å²) in [5.74, 6) is -4.76. The number of nitrogens with one attached hydrogen (secondary N) is 4. The molecule has 184 valence electrons. The van der Waals surface area contributed by atoms with E-state index in [1.54, 1.807) is 0 Å². The van der Waals surface area contributed by atoms with Gasteiger partial charge in [-0.3, -0.25) is 19.2 Å². The van der Waals surface area contributed by atoms with Crippen molar-refractivity contribution in [2.45, 2.75) is 56.5 Å². The number of nitrogens with zero attached hydrogens (tertiary/aromatic N) is 1. The Bertz CT molecular complexity index is 834. The highest BCUT2D eigenvalue weighted by molar-refractivity contribution is 7.80. The lowest BCUT2D eigenvalue weighted by Crippen LogP contribution is -2.58. The molecule has 0 radical (unpaired) electrons. The van der Waals surface area contributed by atoms with Crippen LogP contribution in [0.15, 0.2) is 12.5 Å². The molecule has 1 rings (SSSR count). The molecule has 14 nitrogen and oxygen atoms in total. The van der Waals surface area contributed by atoms with Crippen LogP contribution in [0.5, 0.6) is 0 Å². The minimum Gasteiger partial charge on any atom is -0.480 e. The molecule has 0 bridgehead atoms. The number of H-pyrrole nitrogens is 1. The molecular formula is C18H29N7O7S. The number of imidazole rings is 1. The van der Waals surface area contributed by atoms with Gasteiger partial charge in [-0.25, -0.2) is 9.78 Å².